The highest BCUT2D eigenvalue weighted by molar-refractivity contribution is 7.05. The molecule has 66 valence electrons. The van der Waals surface area contributed by atoms with E-state index in [1.807, 2.05) is 6.92 Å². The van der Waals surface area contributed by atoms with Crippen LogP contribution in [0.25, 0.3) is 0 Å². The smallest absolute Gasteiger partial charge is 0.303 e. The minimum Gasteiger partial charge on any atom is -0.481 e. The Kier molecular flexibility index (Phi) is 3.16. The quantitative estimate of drug-likeness (QED) is 0.765. The van der Waals surface area contributed by atoms with Crippen LogP contribution in [0, 0.1) is 0 Å². The predicted molar refractivity (Wildman–Crippen MR) is 45.2 cm³/mol. The number of carbonyl (C=O) groups is 1. The minimum absolute atomic E-state index is 0.111. The number of hydrogen-bond donors (Lipinski definition) is 1. The van der Waals surface area contributed by atoms with Crippen molar-refractivity contribution >= 4 is 17.5 Å². The molecule has 0 spiro atoms. The van der Waals surface area contributed by atoms with Gasteiger partial charge >= 0.3 is 5.97 Å². The van der Waals surface area contributed by atoms with Crippen LogP contribution in [0.5, 0.6) is 0 Å². The van der Waals surface area contributed by atoms with E-state index < -0.39 is 5.97 Å². The molecular weight excluding hydrogens is 176 g/mol. The van der Waals surface area contributed by atoms with Crippen molar-refractivity contribution in [2.75, 3.05) is 0 Å². The van der Waals surface area contributed by atoms with E-state index in [1.165, 1.54) is 11.5 Å². The monoisotopic (exact) mass is 186 g/mol. The van der Waals surface area contributed by atoms with Gasteiger partial charge in [-0.2, -0.15) is 4.37 Å². The molecule has 0 atom stereocenters. The number of hydrogen-bond acceptors (Lipinski definition) is 4. The third-order valence-electron chi connectivity index (χ3n) is 1.38. The van der Waals surface area contributed by atoms with Crippen LogP contribution in [0.15, 0.2) is 0 Å². The molecule has 5 heteroatoms. The summed E-state index contributed by atoms with van der Waals surface area (Å²) in [6, 6.07) is 0. The molecule has 1 aromatic heterocycles. The van der Waals surface area contributed by atoms with Gasteiger partial charge < -0.3 is 5.11 Å². The summed E-state index contributed by atoms with van der Waals surface area (Å²) in [6.45, 7) is 2.00. The molecule has 0 fully saturated rings. The van der Waals surface area contributed by atoms with Gasteiger partial charge in [-0.1, -0.05) is 6.92 Å². The fourth-order valence-corrected chi connectivity index (χ4v) is 1.37. The van der Waals surface area contributed by atoms with E-state index >= 15 is 0 Å². The van der Waals surface area contributed by atoms with E-state index in [0.717, 1.165) is 11.4 Å². The summed E-state index contributed by atoms with van der Waals surface area (Å²) < 4.78 is 4.03. The number of carboxylic acid groups (broad SMARTS) is 1. The number of nitrogens with zero attached hydrogens (tertiary/aromatic N) is 2. The molecular formula is C7H10N2O2S. The highest BCUT2D eigenvalue weighted by Gasteiger charge is 2.04. The summed E-state index contributed by atoms with van der Waals surface area (Å²) in [7, 11) is 0. The van der Waals surface area contributed by atoms with Gasteiger partial charge in [0.15, 0.2) is 0 Å². The summed E-state index contributed by atoms with van der Waals surface area (Å²) in [4.78, 5) is 14.3. The van der Waals surface area contributed by atoms with E-state index in [-0.39, 0.29) is 6.42 Å². The van der Waals surface area contributed by atoms with Crippen molar-refractivity contribution in [2.24, 2.45) is 0 Å². The van der Waals surface area contributed by atoms with Crippen LogP contribution in [-0.4, -0.2) is 20.4 Å². The molecule has 0 unspecified atom stereocenters. The van der Waals surface area contributed by atoms with Gasteiger partial charge in [0.05, 0.1) is 6.42 Å². The summed E-state index contributed by atoms with van der Waals surface area (Å²) in [6.07, 6.45) is 1.41. The second kappa shape index (κ2) is 4.15. The number of rotatable bonds is 4. The van der Waals surface area contributed by atoms with Crippen LogP contribution in [0.2, 0.25) is 0 Å². The SMILES string of the molecule is CCc1nc(CCC(=O)O)ns1. The van der Waals surface area contributed by atoms with Crippen molar-refractivity contribution in [2.45, 2.75) is 26.2 Å². The second-order valence-electron chi connectivity index (χ2n) is 2.35. The Morgan fingerprint density at radius 3 is 2.92 bits per heavy atom. The predicted octanol–water partition coefficient (Wildman–Crippen LogP) is 1.12. The van der Waals surface area contributed by atoms with Crippen molar-refractivity contribution in [3.8, 4) is 0 Å². The highest BCUT2D eigenvalue weighted by atomic mass is 32.1. The van der Waals surface area contributed by atoms with Crippen LogP contribution in [0.1, 0.15) is 24.2 Å². The maximum atomic E-state index is 10.2. The zero-order valence-electron chi connectivity index (χ0n) is 6.78. The molecule has 1 rings (SSSR count). The molecule has 0 amide bonds. The maximum absolute atomic E-state index is 10.2. The first-order chi connectivity index (χ1) is 5.72. The van der Waals surface area contributed by atoms with E-state index in [0.29, 0.717) is 12.2 Å². The summed E-state index contributed by atoms with van der Waals surface area (Å²) in [5, 5.41) is 9.35. The third kappa shape index (κ3) is 2.58. The average molecular weight is 186 g/mol. The first-order valence-electron chi connectivity index (χ1n) is 3.75. The molecule has 1 N–H and O–H groups in total. The van der Waals surface area contributed by atoms with Crippen molar-refractivity contribution in [3.05, 3.63) is 10.8 Å². The Balaban J connectivity index is 2.47. The maximum Gasteiger partial charge on any atom is 0.303 e. The van der Waals surface area contributed by atoms with Crippen LogP contribution in [0.4, 0.5) is 0 Å². The lowest BCUT2D eigenvalue weighted by Gasteiger charge is -1.88. The lowest BCUT2D eigenvalue weighted by atomic mass is 10.3. The van der Waals surface area contributed by atoms with Crippen LogP contribution < -0.4 is 0 Å². The summed E-state index contributed by atoms with van der Waals surface area (Å²) >= 11 is 1.35. The van der Waals surface area contributed by atoms with Crippen molar-refractivity contribution in [1.82, 2.24) is 9.36 Å². The van der Waals surface area contributed by atoms with E-state index in [2.05, 4.69) is 9.36 Å². The first-order valence-corrected chi connectivity index (χ1v) is 4.53. The lowest BCUT2D eigenvalue weighted by Crippen LogP contribution is -1.98. The van der Waals surface area contributed by atoms with Gasteiger partial charge in [-0.15, -0.1) is 0 Å². The lowest BCUT2D eigenvalue weighted by molar-refractivity contribution is -0.137. The van der Waals surface area contributed by atoms with Gasteiger partial charge in [0.1, 0.15) is 10.8 Å². The van der Waals surface area contributed by atoms with Gasteiger partial charge in [0.25, 0.3) is 0 Å². The molecule has 0 aliphatic heterocycles. The molecule has 0 aliphatic carbocycles. The number of carboxylic acids is 1. The molecule has 1 aromatic rings. The minimum atomic E-state index is -0.803. The third-order valence-corrected chi connectivity index (χ3v) is 2.27. The number of aryl methyl sites for hydroxylation is 2. The molecule has 0 aliphatic rings. The summed E-state index contributed by atoms with van der Waals surface area (Å²) in [5.74, 6) is -0.151. The molecule has 1 heterocycles. The van der Waals surface area contributed by atoms with Gasteiger partial charge in [-0.05, 0) is 18.0 Å². The Labute approximate surface area is 74.4 Å². The van der Waals surface area contributed by atoms with Crippen LogP contribution >= 0.6 is 11.5 Å². The van der Waals surface area contributed by atoms with Crippen molar-refractivity contribution in [1.29, 1.82) is 0 Å². The fraction of sp³-hybridized carbons (Fsp3) is 0.571. The van der Waals surface area contributed by atoms with Gasteiger partial charge in [-0.3, -0.25) is 4.79 Å². The fourth-order valence-electron chi connectivity index (χ4n) is 0.754. The van der Waals surface area contributed by atoms with Gasteiger partial charge in [0.2, 0.25) is 0 Å². The molecule has 0 radical (unpaired) electrons. The largest absolute Gasteiger partial charge is 0.481 e. The van der Waals surface area contributed by atoms with Crippen LogP contribution in [-0.2, 0) is 17.6 Å². The Hall–Kier alpha value is -0.970. The van der Waals surface area contributed by atoms with Crippen molar-refractivity contribution in [3.63, 3.8) is 0 Å². The van der Waals surface area contributed by atoms with Gasteiger partial charge in [0, 0.05) is 6.42 Å². The standard InChI is InChI=1S/C7H10N2O2S/c1-2-6-8-5(9-12-6)3-4-7(10)11/h2-4H2,1H3,(H,10,11). The van der Waals surface area contributed by atoms with E-state index in [9.17, 15) is 4.79 Å². The summed E-state index contributed by atoms with van der Waals surface area (Å²) in [5.41, 5.74) is 0. The average Bonchev–Trinajstić information content (AvgIpc) is 2.48. The van der Waals surface area contributed by atoms with Crippen molar-refractivity contribution < 1.29 is 9.90 Å². The zero-order chi connectivity index (χ0) is 8.97. The van der Waals surface area contributed by atoms with E-state index in [4.69, 9.17) is 5.11 Å². The molecule has 0 saturated heterocycles. The van der Waals surface area contributed by atoms with Crippen LogP contribution in [0.3, 0.4) is 0 Å². The second-order valence-corrected chi connectivity index (χ2v) is 3.19. The Bertz CT molecular complexity index is 272. The molecule has 0 bridgehead atoms. The number of aromatic nitrogens is 2. The zero-order valence-corrected chi connectivity index (χ0v) is 7.60. The highest BCUT2D eigenvalue weighted by Crippen LogP contribution is 2.06. The Morgan fingerprint density at radius 2 is 2.42 bits per heavy atom. The topological polar surface area (TPSA) is 63.1 Å². The van der Waals surface area contributed by atoms with Gasteiger partial charge in [-0.25, -0.2) is 4.98 Å². The molecule has 0 saturated carbocycles. The molecule has 4 nitrogen and oxygen atoms in total. The normalized spacial score (nSPS) is 10.1. The Morgan fingerprint density at radius 1 is 1.67 bits per heavy atom. The molecule has 0 aromatic carbocycles. The number of aliphatic carboxylic acids is 1. The first kappa shape index (κ1) is 9.12. The van der Waals surface area contributed by atoms with E-state index in [1.54, 1.807) is 0 Å². The molecule has 12 heavy (non-hydrogen) atoms.